The van der Waals surface area contributed by atoms with Gasteiger partial charge in [0, 0.05) is 6.92 Å². The predicted molar refractivity (Wildman–Crippen MR) is 187 cm³/mol. The van der Waals surface area contributed by atoms with Crippen molar-refractivity contribution < 1.29 is 43.2 Å². The van der Waals surface area contributed by atoms with Crippen molar-refractivity contribution in [1.29, 1.82) is 0 Å². The van der Waals surface area contributed by atoms with Gasteiger partial charge in [-0.3, -0.25) is 4.79 Å². The summed E-state index contributed by atoms with van der Waals surface area (Å²) in [5.74, 6) is -1.45. The molecule has 3 N–H and O–H groups in total. The molecule has 1 aliphatic heterocycles. The molecule has 0 saturated carbocycles. The number of hydrogen-bond acceptors (Lipinski definition) is 8. The van der Waals surface area contributed by atoms with Crippen LogP contribution in [-0.4, -0.2) is 71.8 Å². The van der Waals surface area contributed by atoms with E-state index in [0.717, 1.165) is 16.7 Å². The van der Waals surface area contributed by atoms with Crippen molar-refractivity contribution in [3.8, 4) is 0 Å². The molecule has 0 aromatic heterocycles. The van der Waals surface area contributed by atoms with Crippen LogP contribution in [0.2, 0.25) is 0 Å². The summed E-state index contributed by atoms with van der Waals surface area (Å²) in [4.78, 5) is 37.1. The zero-order valence-corrected chi connectivity index (χ0v) is 29.3. The van der Waals surface area contributed by atoms with Gasteiger partial charge in [-0.2, -0.15) is 0 Å². The van der Waals surface area contributed by atoms with E-state index in [9.17, 15) is 19.5 Å². The Morgan fingerprint density at radius 3 is 1.80 bits per heavy atom. The van der Waals surface area contributed by atoms with Crippen molar-refractivity contribution in [3.05, 3.63) is 108 Å². The minimum absolute atomic E-state index is 0.111. The van der Waals surface area contributed by atoms with Gasteiger partial charge in [0.05, 0.1) is 38.6 Å². The molecule has 1 heterocycles. The van der Waals surface area contributed by atoms with Crippen LogP contribution in [0.4, 0.5) is 4.79 Å². The second-order valence-corrected chi connectivity index (χ2v) is 13.4. The Kier molecular flexibility index (Phi) is 14.8. The first-order valence-electron chi connectivity index (χ1n) is 17.1. The molecule has 0 aliphatic carbocycles. The Morgan fingerprint density at radius 1 is 0.780 bits per heavy atom. The molecular weight excluding hydrogens is 640 g/mol. The molecule has 3 aromatic carbocycles. The average molecular weight is 691 g/mol. The second kappa shape index (κ2) is 19.2. The first-order chi connectivity index (χ1) is 24.0. The highest BCUT2D eigenvalue weighted by molar-refractivity contribution is 5.80. The van der Waals surface area contributed by atoms with Gasteiger partial charge in [-0.25, -0.2) is 9.59 Å². The highest BCUT2D eigenvalue weighted by Gasteiger charge is 2.48. The third kappa shape index (κ3) is 12.9. The molecule has 11 heteroatoms. The Labute approximate surface area is 294 Å². The molecule has 6 atom stereocenters. The Balaban J connectivity index is 1.58. The lowest BCUT2D eigenvalue weighted by Crippen LogP contribution is -2.65. The zero-order valence-electron chi connectivity index (χ0n) is 29.3. The van der Waals surface area contributed by atoms with Crippen molar-refractivity contribution in [1.82, 2.24) is 10.6 Å². The summed E-state index contributed by atoms with van der Waals surface area (Å²) in [7, 11) is 0. The Bertz CT molecular complexity index is 1470. The van der Waals surface area contributed by atoms with Gasteiger partial charge in [0.1, 0.15) is 30.0 Å². The Hall–Kier alpha value is -4.29. The van der Waals surface area contributed by atoms with E-state index < -0.39 is 54.2 Å². The fraction of sp³-hybridized carbons (Fsp3) is 0.462. The molecule has 0 radical (unpaired) electrons. The van der Waals surface area contributed by atoms with E-state index in [1.807, 2.05) is 91.0 Å². The number of alkyl carbamates (subject to hydrolysis) is 1. The van der Waals surface area contributed by atoms with Crippen molar-refractivity contribution in [2.45, 2.75) is 109 Å². The van der Waals surface area contributed by atoms with Crippen molar-refractivity contribution in [2.24, 2.45) is 0 Å². The third-order valence-corrected chi connectivity index (χ3v) is 8.10. The Morgan fingerprint density at radius 2 is 1.30 bits per heavy atom. The van der Waals surface area contributed by atoms with Gasteiger partial charge < -0.3 is 39.4 Å². The van der Waals surface area contributed by atoms with E-state index in [1.165, 1.54) is 6.92 Å². The fourth-order valence-electron chi connectivity index (χ4n) is 5.84. The average Bonchev–Trinajstić information content (AvgIpc) is 3.07. The van der Waals surface area contributed by atoms with Gasteiger partial charge in [-0.15, -0.1) is 0 Å². The van der Waals surface area contributed by atoms with Crippen LogP contribution in [0, 0.1) is 0 Å². The molecule has 3 aromatic rings. The highest BCUT2D eigenvalue weighted by atomic mass is 16.6. The largest absolute Gasteiger partial charge is 0.480 e. The number of amides is 2. The number of rotatable bonds is 17. The van der Waals surface area contributed by atoms with Gasteiger partial charge in [0.2, 0.25) is 5.91 Å². The minimum Gasteiger partial charge on any atom is -0.480 e. The van der Waals surface area contributed by atoms with Crippen molar-refractivity contribution in [3.63, 3.8) is 0 Å². The van der Waals surface area contributed by atoms with E-state index >= 15 is 0 Å². The molecule has 4 rings (SSSR count). The number of carboxylic acid groups (broad SMARTS) is 1. The smallest absolute Gasteiger partial charge is 0.408 e. The van der Waals surface area contributed by atoms with Gasteiger partial charge in [-0.05, 0) is 56.7 Å². The van der Waals surface area contributed by atoms with Gasteiger partial charge >= 0.3 is 12.1 Å². The summed E-state index contributed by atoms with van der Waals surface area (Å²) >= 11 is 0. The monoisotopic (exact) mass is 690 g/mol. The van der Waals surface area contributed by atoms with Crippen LogP contribution < -0.4 is 10.6 Å². The standard InChI is InChI=1S/C39H50N2O9/c1-27(42)40-34-32(22-14-21-31(37(43)44)41-38(45)50-39(2,3)4)49-33(26-46-23-28-15-8-5-9-16-28)35(47-24-29-17-10-6-11-18-29)36(34)48-25-30-19-12-7-13-20-30/h5-13,15-20,31-36H,14,21-26H2,1-4H3,(H,40,42)(H,41,45)(H,43,44)/t31-,32+,33+,34-,35-,36+/m0/s1. The van der Waals surface area contributed by atoms with Crippen LogP contribution in [0.15, 0.2) is 91.0 Å². The number of carbonyl (C=O) groups is 3. The lowest BCUT2D eigenvalue weighted by Gasteiger charge is -2.47. The summed E-state index contributed by atoms with van der Waals surface area (Å²) < 4.78 is 31.4. The summed E-state index contributed by atoms with van der Waals surface area (Å²) in [5.41, 5.74) is 2.15. The molecule has 0 bridgehead atoms. The fourth-order valence-corrected chi connectivity index (χ4v) is 5.84. The third-order valence-electron chi connectivity index (χ3n) is 8.10. The van der Waals surface area contributed by atoms with E-state index in [-0.39, 0.29) is 32.1 Å². The number of aliphatic carboxylic acids is 1. The molecule has 11 nitrogen and oxygen atoms in total. The van der Waals surface area contributed by atoms with Crippen LogP contribution in [0.3, 0.4) is 0 Å². The number of ether oxygens (including phenoxy) is 5. The highest BCUT2D eigenvalue weighted by Crippen LogP contribution is 2.31. The summed E-state index contributed by atoms with van der Waals surface area (Å²) in [6.07, 6.45) is -2.45. The predicted octanol–water partition coefficient (Wildman–Crippen LogP) is 5.79. The summed E-state index contributed by atoms with van der Waals surface area (Å²) in [5, 5.41) is 15.4. The SMILES string of the molecule is CC(=O)N[C@@H]1[C@@H](OCc2ccccc2)[C@@H](OCc2ccccc2)[C@@H](COCc2ccccc2)O[C@@H]1CCC[C@H](NC(=O)OC(C)(C)C)C(=O)O. The lowest BCUT2D eigenvalue weighted by atomic mass is 9.89. The molecule has 270 valence electrons. The molecule has 1 aliphatic rings. The maximum atomic E-state index is 12.7. The minimum atomic E-state index is -1.18. The van der Waals surface area contributed by atoms with Crippen LogP contribution in [0.1, 0.15) is 63.6 Å². The molecule has 1 saturated heterocycles. The molecule has 2 amide bonds. The second-order valence-electron chi connectivity index (χ2n) is 13.4. The summed E-state index contributed by atoms with van der Waals surface area (Å²) in [6, 6.07) is 27.5. The van der Waals surface area contributed by atoms with Crippen LogP contribution >= 0.6 is 0 Å². The quantitative estimate of drug-likeness (QED) is 0.160. The zero-order chi connectivity index (χ0) is 35.9. The van der Waals surface area contributed by atoms with E-state index in [2.05, 4.69) is 10.6 Å². The van der Waals surface area contributed by atoms with Gasteiger partial charge in [0.15, 0.2) is 0 Å². The molecular formula is C39H50N2O9. The number of benzene rings is 3. The molecule has 0 unspecified atom stereocenters. The van der Waals surface area contributed by atoms with E-state index in [0.29, 0.717) is 19.4 Å². The summed E-state index contributed by atoms with van der Waals surface area (Å²) in [6.45, 7) is 7.64. The normalized spacial score (nSPS) is 21.2. The topological polar surface area (TPSA) is 142 Å². The maximum absolute atomic E-state index is 12.7. The van der Waals surface area contributed by atoms with Crippen molar-refractivity contribution in [2.75, 3.05) is 6.61 Å². The lowest BCUT2D eigenvalue weighted by molar-refractivity contribution is -0.233. The molecule has 50 heavy (non-hydrogen) atoms. The van der Waals surface area contributed by atoms with Crippen molar-refractivity contribution >= 4 is 18.0 Å². The van der Waals surface area contributed by atoms with E-state index in [1.54, 1.807) is 20.8 Å². The van der Waals surface area contributed by atoms with Crippen LogP contribution in [0.25, 0.3) is 0 Å². The van der Waals surface area contributed by atoms with E-state index in [4.69, 9.17) is 23.7 Å². The first kappa shape index (κ1) is 38.5. The van der Waals surface area contributed by atoms with Gasteiger partial charge in [-0.1, -0.05) is 91.0 Å². The van der Waals surface area contributed by atoms with Gasteiger partial charge in [0.25, 0.3) is 0 Å². The van der Waals surface area contributed by atoms with Crippen LogP contribution in [0.5, 0.6) is 0 Å². The molecule has 0 spiro atoms. The molecule has 1 fully saturated rings. The maximum Gasteiger partial charge on any atom is 0.408 e. The number of carboxylic acids is 1. The number of nitrogens with one attached hydrogen (secondary N) is 2. The number of hydrogen-bond donors (Lipinski definition) is 3. The number of carbonyl (C=O) groups excluding carboxylic acids is 2. The van der Waals surface area contributed by atoms with Crippen LogP contribution in [-0.2, 0) is 53.1 Å². The first-order valence-corrected chi connectivity index (χ1v) is 17.1.